The van der Waals surface area contributed by atoms with Crippen LogP contribution in [0.1, 0.15) is 24.8 Å². The number of ether oxygens (including phenoxy) is 1. The van der Waals surface area contributed by atoms with Crippen molar-refractivity contribution in [2.24, 2.45) is 0 Å². The van der Waals surface area contributed by atoms with Crippen LogP contribution in [0.15, 0.2) is 18.2 Å². The third-order valence-electron chi connectivity index (χ3n) is 2.60. The number of anilines is 1. The highest BCUT2D eigenvalue weighted by Gasteiger charge is 2.18. The van der Waals surface area contributed by atoms with Crippen molar-refractivity contribution in [3.63, 3.8) is 0 Å². The van der Waals surface area contributed by atoms with Gasteiger partial charge in [0.15, 0.2) is 0 Å². The van der Waals surface area contributed by atoms with Crippen molar-refractivity contribution < 1.29 is 9.13 Å². The lowest BCUT2D eigenvalue weighted by atomic mass is 9.96. The summed E-state index contributed by atoms with van der Waals surface area (Å²) in [7, 11) is 0. The molecule has 1 aliphatic carbocycles. The summed E-state index contributed by atoms with van der Waals surface area (Å²) in [4.78, 5) is 0. The van der Waals surface area contributed by atoms with Gasteiger partial charge in [0.05, 0.1) is 12.7 Å². The number of rotatable bonds is 3. The summed E-state index contributed by atoms with van der Waals surface area (Å²) >= 11 is 0. The Labute approximate surface area is 82.9 Å². The van der Waals surface area contributed by atoms with Crippen molar-refractivity contribution in [2.75, 3.05) is 5.73 Å². The van der Waals surface area contributed by atoms with E-state index in [9.17, 15) is 4.39 Å². The van der Waals surface area contributed by atoms with Gasteiger partial charge in [0.1, 0.15) is 5.82 Å². The molecule has 2 nitrogen and oxygen atoms in total. The standard InChI is InChI=1S/C11H14FNO/c12-11-6-9(13)5-4-8(11)7-14-10-2-1-3-10/h4-6,10H,1-3,7,13H2. The van der Waals surface area contributed by atoms with Crippen LogP contribution >= 0.6 is 0 Å². The highest BCUT2D eigenvalue weighted by atomic mass is 19.1. The highest BCUT2D eigenvalue weighted by molar-refractivity contribution is 5.40. The fraction of sp³-hybridized carbons (Fsp3) is 0.455. The van der Waals surface area contributed by atoms with E-state index in [2.05, 4.69) is 0 Å². The fourth-order valence-electron chi connectivity index (χ4n) is 1.43. The lowest BCUT2D eigenvalue weighted by Crippen LogP contribution is -2.21. The van der Waals surface area contributed by atoms with Gasteiger partial charge in [-0.2, -0.15) is 0 Å². The first-order valence-corrected chi connectivity index (χ1v) is 4.91. The van der Waals surface area contributed by atoms with Gasteiger partial charge in [0, 0.05) is 11.3 Å². The van der Waals surface area contributed by atoms with Crippen molar-refractivity contribution in [1.29, 1.82) is 0 Å². The third kappa shape index (κ3) is 2.04. The Morgan fingerprint density at radius 1 is 1.43 bits per heavy atom. The Kier molecular flexibility index (Phi) is 2.68. The van der Waals surface area contributed by atoms with Crippen LogP contribution in [0.5, 0.6) is 0 Å². The molecule has 1 saturated carbocycles. The fourth-order valence-corrected chi connectivity index (χ4v) is 1.43. The van der Waals surface area contributed by atoms with Crippen LogP contribution in [0.4, 0.5) is 10.1 Å². The zero-order valence-corrected chi connectivity index (χ0v) is 8.00. The summed E-state index contributed by atoms with van der Waals surface area (Å²) in [6.07, 6.45) is 3.79. The van der Waals surface area contributed by atoms with Gasteiger partial charge in [-0.25, -0.2) is 4.39 Å². The molecular weight excluding hydrogens is 181 g/mol. The quantitative estimate of drug-likeness (QED) is 0.752. The maximum atomic E-state index is 13.3. The van der Waals surface area contributed by atoms with Gasteiger partial charge in [0.2, 0.25) is 0 Å². The number of hydrogen-bond donors (Lipinski definition) is 1. The normalized spacial score (nSPS) is 16.6. The third-order valence-corrected chi connectivity index (χ3v) is 2.60. The summed E-state index contributed by atoms with van der Waals surface area (Å²) in [6.45, 7) is 0.358. The van der Waals surface area contributed by atoms with E-state index in [1.165, 1.54) is 12.5 Å². The maximum Gasteiger partial charge on any atom is 0.130 e. The molecule has 0 aromatic heterocycles. The smallest absolute Gasteiger partial charge is 0.130 e. The van der Waals surface area contributed by atoms with Gasteiger partial charge < -0.3 is 10.5 Å². The molecule has 1 aliphatic rings. The number of nitrogen functional groups attached to an aromatic ring is 1. The second-order valence-corrected chi connectivity index (χ2v) is 3.71. The molecule has 0 saturated heterocycles. The summed E-state index contributed by atoms with van der Waals surface area (Å²) in [5.41, 5.74) is 6.48. The molecule has 0 heterocycles. The highest BCUT2D eigenvalue weighted by Crippen LogP contribution is 2.23. The predicted molar refractivity (Wildman–Crippen MR) is 53.2 cm³/mol. The summed E-state index contributed by atoms with van der Waals surface area (Å²) in [5.74, 6) is -0.274. The Hall–Kier alpha value is -1.09. The Morgan fingerprint density at radius 3 is 2.79 bits per heavy atom. The minimum Gasteiger partial charge on any atom is -0.399 e. The van der Waals surface area contributed by atoms with E-state index in [0.717, 1.165) is 12.8 Å². The Balaban J connectivity index is 1.94. The summed E-state index contributed by atoms with van der Waals surface area (Å²) in [6, 6.07) is 4.71. The van der Waals surface area contributed by atoms with Crippen LogP contribution in [0.3, 0.4) is 0 Å². The van der Waals surface area contributed by atoms with Gasteiger partial charge in [-0.1, -0.05) is 6.07 Å². The average Bonchev–Trinajstić information content (AvgIpc) is 2.05. The number of benzene rings is 1. The van der Waals surface area contributed by atoms with Gasteiger partial charge in [-0.05, 0) is 31.4 Å². The molecule has 0 aliphatic heterocycles. The van der Waals surface area contributed by atoms with Crippen molar-refractivity contribution in [3.05, 3.63) is 29.6 Å². The molecular formula is C11H14FNO. The van der Waals surface area contributed by atoms with Crippen LogP contribution in [0, 0.1) is 5.82 Å². The topological polar surface area (TPSA) is 35.2 Å². The van der Waals surface area contributed by atoms with Crippen LogP contribution in [-0.4, -0.2) is 6.10 Å². The molecule has 0 bridgehead atoms. The van der Waals surface area contributed by atoms with Crippen molar-refractivity contribution in [2.45, 2.75) is 32.0 Å². The molecule has 1 aromatic carbocycles. The van der Waals surface area contributed by atoms with E-state index in [4.69, 9.17) is 10.5 Å². The first kappa shape index (κ1) is 9.46. The van der Waals surface area contributed by atoms with Crippen LogP contribution < -0.4 is 5.73 Å². The zero-order valence-electron chi connectivity index (χ0n) is 8.00. The monoisotopic (exact) mass is 195 g/mol. The number of hydrogen-bond acceptors (Lipinski definition) is 2. The van der Waals surface area contributed by atoms with E-state index in [-0.39, 0.29) is 5.82 Å². The molecule has 0 unspecified atom stereocenters. The molecule has 0 spiro atoms. The van der Waals surface area contributed by atoms with E-state index in [1.807, 2.05) is 0 Å². The van der Waals surface area contributed by atoms with E-state index < -0.39 is 0 Å². The van der Waals surface area contributed by atoms with Crippen molar-refractivity contribution >= 4 is 5.69 Å². The number of nitrogens with two attached hydrogens (primary N) is 1. The van der Waals surface area contributed by atoms with E-state index in [0.29, 0.717) is 24.0 Å². The van der Waals surface area contributed by atoms with Gasteiger partial charge in [0.25, 0.3) is 0 Å². The molecule has 0 atom stereocenters. The molecule has 14 heavy (non-hydrogen) atoms. The average molecular weight is 195 g/mol. The minimum absolute atomic E-state index is 0.274. The molecule has 2 rings (SSSR count). The lowest BCUT2D eigenvalue weighted by molar-refractivity contribution is -0.00974. The Morgan fingerprint density at radius 2 is 2.21 bits per heavy atom. The van der Waals surface area contributed by atoms with Crippen molar-refractivity contribution in [3.8, 4) is 0 Å². The van der Waals surface area contributed by atoms with Crippen LogP contribution in [0.25, 0.3) is 0 Å². The molecule has 76 valence electrons. The van der Waals surface area contributed by atoms with E-state index in [1.54, 1.807) is 12.1 Å². The SMILES string of the molecule is Nc1ccc(COC2CCC2)c(F)c1. The first-order chi connectivity index (χ1) is 6.75. The van der Waals surface area contributed by atoms with Gasteiger partial charge in [-0.3, -0.25) is 0 Å². The summed E-state index contributed by atoms with van der Waals surface area (Å²) < 4.78 is 18.8. The molecule has 3 heteroatoms. The molecule has 1 fully saturated rings. The zero-order chi connectivity index (χ0) is 9.97. The molecule has 0 radical (unpaired) electrons. The van der Waals surface area contributed by atoms with Crippen LogP contribution in [0.2, 0.25) is 0 Å². The molecule has 0 amide bonds. The second-order valence-electron chi connectivity index (χ2n) is 3.71. The van der Waals surface area contributed by atoms with Gasteiger partial charge >= 0.3 is 0 Å². The van der Waals surface area contributed by atoms with Crippen LogP contribution in [-0.2, 0) is 11.3 Å². The Bertz CT molecular complexity index is 323. The van der Waals surface area contributed by atoms with Gasteiger partial charge in [-0.15, -0.1) is 0 Å². The van der Waals surface area contributed by atoms with E-state index >= 15 is 0 Å². The van der Waals surface area contributed by atoms with Crippen molar-refractivity contribution in [1.82, 2.24) is 0 Å². The predicted octanol–water partition coefficient (Wildman–Crippen LogP) is 2.48. The molecule has 1 aromatic rings. The summed E-state index contributed by atoms with van der Waals surface area (Å²) in [5, 5.41) is 0. The maximum absolute atomic E-state index is 13.3. The second kappa shape index (κ2) is 3.96. The lowest BCUT2D eigenvalue weighted by Gasteiger charge is -2.25. The minimum atomic E-state index is -0.274. The largest absolute Gasteiger partial charge is 0.399 e. The number of halogens is 1. The molecule has 2 N–H and O–H groups in total. The first-order valence-electron chi connectivity index (χ1n) is 4.91.